The molecule has 0 amide bonds. The van der Waals surface area contributed by atoms with Crippen molar-refractivity contribution in [2.75, 3.05) is 39.2 Å². The summed E-state index contributed by atoms with van der Waals surface area (Å²) < 4.78 is 17.0. The largest absolute Gasteiger partial charge is 0.493 e. The maximum absolute atomic E-state index is 12.8. The Morgan fingerprint density at radius 2 is 1.71 bits per heavy atom. The number of methoxy groups -OCH3 is 2. The third kappa shape index (κ3) is 5.70. The van der Waals surface area contributed by atoms with Gasteiger partial charge in [-0.1, -0.05) is 18.6 Å². The number of ketones is 1. The second-order valence-corrected chi connectivity index (χ2v) is 9.44. The minimum Gasteiger partial charge on any atom is -0.493 e. The average molecular weight is 513 g/mol. The van der Waals surface area contributed by atoms with Crippen LogP contribution in [-0.4, -0.2) is 54.5 Å². The Morgan fingerprint density at radius 1 is 0.921 bits per heavy atom. The SMILES string of the molecule is COc1cc2ncnc(Nc3ccc(Oc4cccc(C(=O)CN5CCCCC5)c4)c(C)c3)c2cc1OC. The molecule has 1 saturated heterocycles. The van der Waals surface area contributed by atoms with E-state index in [1.807, 2.05) is 61.5 Å². The zero-order valence-corrected chi connectivity index (χ0v) is 22.0. The van der Waals surface area contributed by atoms with E-state index in [-0.39, 0.29) is 5.78 Å². The maximum Gasteiger partial charge on any atom is 0.176 e. The van der Waals surface area contributed by atoms with Gasteiger partial charge >= 0.3 is 0 Å². The number of nitrogens with zero attached hydrogens (tertiary/aromatic N) is 3. The zero-order valence-electron chi connectivity index (χ0n) is 22.0. The Balaban J connectivity index is 1.31. The Labute approximate surface area is 222 Å². The van der Waals surface area contributed by atoms with E-state index in [1.165, 1.54) is 12.7 Å². The van der Waals surface area contributed by atoms with Gasteiger partial charge in [-0.15, -0.1) is 0 Å². The Hall–Kier alpha value is -4.17. The van der Waals surface area contributed by atoms with Crippen LogP contribution in [0.4, 0.5) is 11.5 Å². The van der Waals surface area contributed by atoms with Gasteiger partial charge in [0.05, 0.1) is 26.3 Å². The molecule has 0 atom stereocenters. The molecule has 0 saturated carbocycles. The number of aryl methyl sites for hydroxylation is 1. The third-order valence-corrected chi connectivity index (χ3v) is 6.78. The number of benzene rings is 3. The van der Waals surface area contributed by atoms with Crippen LogP contribution < -0.4 is 19.5 Å². The van der Waals surface area contributed by atoms with Gasteiger partial charge in [0.15, 0.2) is 17.3 Å². The Bertz CT molecular complexity index is 1450. The number of aromatic nitrogens is 2. The van der Waals surface area contributed by atoms with E-state index >= 15 is 0 Å². The molecule has 3 aromatic carbocycles. The number of likely N-dealkylation sites (tertiary alicyclic amines) is 1. The number of carbonyl (C=O) groups excluding carboxylic acids is 1. The van der Waals surface area contributed by atoms with Crippen molar-refractivity contribution in [2.24, 2.45) is 0 Å². The van der Waals surface area contributed by atoms with Gasteiger partial charge in [0.25, 0.3) is 0 Å². The first-order valence-electron chi connectivity index (χ1n) is 12.8. The fourth-order valence-electron chi connectivity index (χ4n) is 4.73. The summed E-state index contributed by atoms with van der Waals surface area (Å²) in [5.41, 5.74) is 3.21. The lowest BCUT2D eigenvalue weighted by Crippen LogP contribution is -2.34. The molecule has 1 aliphatic rings. The lowest BCUT2D eigenvalue weighted by Gasteiger charge is -2.25. The van der Waals surface area contributed by atoms with Gasteiger partial charge in [-0.2, -0.15) is 0 Å². The molecular formula is C30H32N4O4. The third-order valence-electron chi connectivity index (χ3n) is 6.78. The predicted molar refractivity (Wildman–Crippen MR) is 148 cm³/mol. The fourth-order valence-corrected chi connectivity index (χ4v) is 4.73. The molecule has 4 aromatic rings. The van der Waals surface area contributed by atoms with E-state index in [4.69, 9.17) is 14.2 Å². The first-order chi connectivity index (χ1) is 18.5. The summed E-state index contributed by atoms with van der Waals surface area (Å²) in [5, 5.41) is 4.19. The average Bonchev–Trinajstić information content (AvgIpc) is 2.94. The van der Waals surface area contributed by atoms with E-state index in [9.17, 15) is 4.79 Å². The van der Waals surface area contributed by atoms with E-state index < -0.39 is 0 Å². The molecular weight excluding hydrogens is 480 g/mol. The molecule has 0 unspecified atom stereocenters. The van der Waals surface area contributed by atoms with Gasteiger partial charge in [0, 0.05) is 22.7 Å². The van der Waals surface area contributed by atoms with Gasteiger partial charge in [-0.3, -0.25) is 9.69 Å². The smallest absolute Gasteiger partial charge is 0.176 e. The molecule has 5 rings (SSSR count). The van der Waals surface area contributed by atoms with Crippen molar-refractivity contribution in [3.63, 3.8) is 0 Å². The number of carbonyl (C=O) groups is 1. The highest BCUT2D eigenvalue weighted by molar-refractivity contribution is 5.98. The fraction of sp³-hybridized carbons (Fsp3) is 0.300. The summed E-state index contributed by atoms with van der Waals surface area (Å²) in [6.45, 7) is 4.43. The second-order valence-electron chi connectivity index (χ2n) is 9.44. The Morgan fingerprint density at radius 3 is 2.47 bits per heavy atom. The van der Waals surface area contributed by atoms with Crippen LogP contribution in [0.25, 0.3) is 10.9 Å². The number of hydrogen-bond donors (Lipinski definition) is 1. The topological polar surface area (TPSA) is 85.8 Å². The van der Waals surface area contributed by atoms with Crippen LogP contribution in [0.3, 0.4) is 0 Å². The van der Waals surface area contributed by atoms with Crippen LogP contribution in [0.2, 0.25) is 0 Å². The first kappa shape index (κ1) is 25.5. The number of fused-ring (bicyclic) bond motifs is 1. The van der Waals surface area contributed by atoms with Gasteiger partial charge in [-0.25, -0.2) is 9.97 Å². The first-order valence-corrected chi connectivity index (χ1v) is 12.8. The molecule has 8 nitrogen and oxygen atoms in total. The van der Waals surface area contributed by atoms with Crippen molar-refractivity contribution in [3.8, 4) is 23.0 Å². The maximum atomic E-state index is 12.8. The molecule has 1 aromatic heterocycles. The number of piperidine rings is 1. The quantitative estimate of drug-likeness (QED) is 0.267. The molecule has 0 bridgehead atoms. The van der Waals surface area contributed by atoms with Crippen LogP contribution >= 0.6 is 0 Å². The van der Waals surface area contributed by atoms with Crippen molar-refractivity contribution in [1.29, 1.82) is 0 Å². The molecule has 38 heavy (non-hydrogen) atoms. The predicted octanol–water partition coefficient (Wildman–Crippen LogP) is 6.16. The number of anilines is 2. The molecule has 0 spiro atoms. The van der Waals surface area contributed by atoms with E-state index in [0.717, 1.165) is 53.8 Å². The lowest BCUT2D eigenvalue weighted by molar-refractivity contribution is 0.0915. The second kappa shape index (κ2) is 11.5. The molecule has 8 heteroatoms. The molecule has 1 N–H and O–H groups in total. The zero-order chi connectivity index (χ0) is 26.5. The number of rotatable bonds is 9. The monoisotopic (exact) mass is 512 g/mol. The molecule has 0 radical (unpaired) electrons. The molecule has 0 aliphatic carbocycles. The Kier molecular flexibility index (Phi) is 7.70. The highest BCUT2D eigenvalue weighted by atomic mass is 16.5. The lowest BCUT2D eigenvalue weighted by atomic mass is 10.1. The van der Waals surface area contributed by atoms with Crippen molar-refractivity contribution < 1.29 is 19.0 Å². The van der Waals surface area contributed by atoms with Crippen LogP contribution in [0, 0.1) is 6.92 Å². The van der Waals surface area contributed by atoms with Gasteiger partial charge in [0.1, 0.15) is 23.6 Å². The summed E-state index contributed by atoms with van der Waals surface area (Å²) in [7, 11) is 3.20. The minimum absolute atomic E-state index is 0.125. The van der Waals surface area contributed by atoms with Gasteiger partial charge in [0.2, 0.25) is 0 Å². The molecule has 1 aliphatic heterocycles. The van der Waals surface area contributed by atoms with Crippen molar-refractivity contribution >= 4 is 28.2 Å². The van der Waals surface area contributed by atoms with E-state index in [0.29, 0.717) is 35.2 Å². The number of nitrogens with one attached hydrogen (secondary N) is 1. The van der Waals surface area contributed by atoms with Gasteiger partial charge in [-0.05, 0) is 74.8 Å². The number of hydrogen-bond acceptors (Lipinski definition) is 8. The van der Waals surface area contributed by atoms with Crippen molar-refractivity contribution in [1.82, 2.24) is 14.9 Å². The van der Waals surface area contributed by atoms with Crippen molar-refractivity contribution in [2.45, 2.75) is 26.2 Å². The highest BCUT2D eigenvalue weighted by Crippen LogP contribution is 2.35. The van der Waals surface area contributed by atoms with Gasteiger partial charge < -0.3 is 19.5 Å². The molecule has 196 valence electrons. The number of Topliss-reactive ketones (excluding diaryl/α,β-unsaturated/α-hetero) is 1. The van der Waals surface area contributed by atoms with E-state index in [2.05, 4.69) is 20.2 Å². The highest BCUT2D eigenvalue weighted by Gasteiger charge is 2.16. The standard InChI is InChI=1S/C30H32N4O4/c1-20-14-22(33-30-24-16-28(36-2)29(37-3)17-25(24)31-19-32-30)10-11-27(20)38-23-9-7-8-21(15-23)26(35)18-34-12-5-4-6-13-34/h7-11,14-17,19H,4-6,12-13,18H2,1-3H3,(H,31,32,33). The summed E-state index contributed by atoms with van der Waals surface area (Å²) >= 11 is 0. The summed E-state index contributed by atoms with van der Waals surface area (Å²) in [5.74, 6) is 3.36. The summed E-state index contributed by atoms with van der Waals surface area (Å²) in [6, 6.07) is 17.0. The van der Waals surface area contributed by atoms with Crippen LogP contribution in [0.1, 0.15) is 35.2 Å². The van der Waals surface area contributed by atoms with Crippen molar-refractivity contribution in [3.05, 3.63) is 72.1 Å². The van der Waals surface area contributed by atoms with E-state index in [1.54, 1.807) is 14.2 Å². The molecule has 2 heterocycles. The molecule has 1 fully saturated rings. The normalized spacial score (nSPS) is 13.8. The summed E-state index contributed by atoms with van der Waals surface area (Å²) in [4.78, 5) is 23.9. The summed E-state index contributed by atoms with van der Waals surface area (Å²) in [6.07, 6.45) is 5.09. The van der Waals surface area contributed by atoms with Crippen LogP contribution in [0.5, 0.6) is 23.0 Å². The van der Waals surface area contributed by atoms with Crippen LogP contribution in [-0.2, 0) is 0 Å². The van der Waals surface area contributed by atoms with Crippen LogP contribution in [0.15, 0.2) is 60.9 Å². The minimum atomic E-state index is 0.125. The number of ether oxygens (including phenoxy) is 3.